The Kier molecular flexibility index (Phi) is 6.06. The molecule has 0 saturated carbocycles. The molecule has 2 aromatic carbocycles. The van der Waals surface area contributed by atoms with E-state index in [-0.39, 0.29) is 17.0 Å². The number of halogens is 2. The number of carbonyl (C=O) groups is 1. The molecule has 0 aliphatic carbocycles. The van der Waals surface area contributed by atoms with Crippen LogP contribution in [0.4, 0.5) is 5.69 Å². The molecule has 5 nitrogen and oxygen atoms in total. The van der Waals surface area contributed by atoms with E-state index in [2.05, 4.69) is 0 Å². The smallest absolute Gasteiger partial charge is 0.269 e. The predicted molar refractivity (Wildman–Crippen MR) is 105 cm³/mol. The van der Waals surface area contributed by atoms with Crippen LogP contribution in [0.25, 0.3) is 0 Å². The van der Waals surface area contributed by atoms with E-state index in [0.29, 0.717) is 29.4 Å². The van der Waals surface area contributed by atoms with Crippen molar-refractivity contribution in [2.75, 3.05) is 12.3 Å². The molecule has 26 heavy (non-hydrogen) atoms. The molecule has 136 valence electrons. The third kappa shape index (κ3) is 4.31. The highest BCUT2D eigenvalue weighted by Gasteiger charge is 2.30. The maximum atomic E-state index is 12.7. The number of aryl methyl sites for hydroxylation is 1. The highest BCUT2D eigenvalue weighted by molar-refractivity contribution is 7.99. The summed E-state index contributed by atoms with van der Waals surface area (Å²) in [7, 11) is 0. The first-order valence-electron chi connectivity index (χ1n) is 8.05. The molecule has 1 aliphatic heterocycles. The molecule has 0 radical (unpaired) electrons. The van der Waals surface area contributed by atoms with E-state index in [1.54, 1.807) is 36.0 Å². The summed E-state index contributed by atoms with van der Waals surface area (Å²) in [5.74, 6) is 0.888. The van der Waals surface area contributed by atoms with Gasteiger partial charge in [0.2, 0.25) is 5.91 Å². The molecule has 0 N–H and O–H groups in total. The van der Waals surface area contributed by atoms with Crippen molar-refractivity contribution in [1.29, 1.82) is 0 Å². The fourth-order valence-electron chi connectivity index (χ4n) is 2.87. The predicted octanol–water partition coefficient (Wildman–Crippen LogP) is 5.11. The summed E-state index contributed by atoms with van der Waals surface area (Å²) in [6.45, 7) is 0.666. The van der Waals surface area contributed by atoms with Gasteiger partial charge in [0, 0.05) is 40.9 Å². The first kappa shape index (κ1) is 19.0. The number of nitro groups is 1. The maximum absolute atomic E-state index is 12.7. The van der Waals surface area contributed by atoms with Crippen LogP contribution in [0.2, 0.25) is 10.0 Å². The van der Waals surface area contributed by atoms with Crippen molar-refractivity contribution in [1.82, 2.24) is 4.90 Å². The number of rotatable bonds is 5. The average molecular weight is 411 g/mol. The normalized spacial score (nSPS) is 16.7. The number of non-ortho nitro benzene ring substituents is 1. The van der Waals surface area contributed by atoms with Gasteiger partial charge in [0.1, 0.15) is 5.37 Å². The fourth-order valence-corrected chi connectivity index (χ4v) is 4.65. The lowest BCUT2D eigenvalue weighted by Gasteiger charge is -2.24. The van der Waals surface area contributed by atoms with Gasteiger partial charge in [-0.25, -0.2) is 0 Å². The zero-order valence-electron chi connectivity index (χ0n) is 13.7. The third-order valence-corrected chi connectivity index (χ3v) is 6.07. The van der Waals surface area contributed by atoms with Crippen molar-refractivity contribution in [3.8, 4) is 0 Å². The summed E-state index contributed by atoms with van der Waals surface area (Å²) in [6.07, 6.45) is 0.897. The molecule has 1 amide bonds. The van der Waals surface area contributed by atoms with Crippen molar-refractivity contribution in [3.05, 3.63) is 73.8 Å². The van der Waals surface area contributed by atoms with Crippen LogP contribution in [-0.2, 0) is 11.2 Å². The molecule has 0 bridgehead atoms. The topological polar surface area (TPSA) is 63.5 Å². The second-order valence-electron chi connectivity index (χ2n) is 5.89. The Bertz CT molecular complexity index is 830. The molecular weight excluding hydrogens is 395 g/mol. The molecule has 1 heterocycles. The van der Waals surface area contributed by atoms with E-state index >= 15 is 0 Å². The van der Waals surface area contributed by atoms with Gasteiger partial charge in [0.15, 0.2) is 0 Å². The lowest BCUT2D eigenvalue weighted by molar-refractivity contribution is -0.384. The minimum absolute atomic E-state index is 0.0457. The SMILES string of the molecule is O=C(CCc1ccc(Cl)cc1Cl)N1CCSC1c1ccc([N+](=O)[O-])cc1. The van der Waals surface area contributed by atoms with Crippen LogP contribution in [0, 0.1) is 10.1 Å². The summed E-state index contributed by atoms with van der Waals surface area (Å²) in [5, 5.41) is 11.8. The van der Waals surface area contributed by atoms with Crippen LogP contribution in [0.3, 0.4) is 0 Å². The van der Waals surface area contributed by atoms with Gasteiger partial charge in [-0.2, -0.15) is 0 Å². The third-order valence-electron chi connectivity index (χ3n) is 4.22. The number of carbonyl (C=O) groups excluding carboxylic acids is 1. The molecule has 1 fully saturated rings. The molecule has 1 aliphatic rings. The second-order valence-corrected chi connectivity index (χ2v) is 7.93. The van der Waals surface area contributed by atoms with Gasteiger partial charge in [-0.05, 0) is 41.8 Å². The number of benzene rings is 2. The Hall–Kier alpha value is -1.76. The quantitative estimate of drug-likeness (QED) is 0.507. The first-order chi connectivity index (χ1) is 12.5. The Balaban J connectivity index is 1.67. The summed E-state index contributed by atoms with van der Waals surface area (Å²) in [5.41, 5.74) is 1.84. The number of thioether (sulfide) groups is 1. The molecule has 8 heteroatoms. The summed E-state index contributed by atoms with van der Waals surface area (Å²) >= 11 is 13.7. The molecule has 1 unspecified atom stereocenters. The van der Waals surface area contributed by atoms with Gasteiger partial charge >= 0.3 is 0 Å². The molecule has 0 spiro atoms. The van der Waals surface area contributed by atoms with Crippen molar-refractivity contribution in [2.24, 2.45) is 0 Å². The van der Waals surface area contributed by atoms with E-state index in [1.807, 2.05) is 11.0 Å². The minimum atomic E-state index is -0.426. The largest absolute Gasteiger partial charge is 0.326 e. The second kappa shape index (κ2) is 8.29. The van der Waals surface area contributed by atoms with Crippen LogP contribution in [0.5, 0.6) is 0 Å². The number of nitro benzene ring substituents is 1. The van der Waals surface area contributed by atoms with Crippen LogP contribution in [0.15, 0.2) is 42.5 Å². The zero-order valence-corrected chi connectivity index (χ0v) is 16.1. The monoisotopic (exact) mass is 410 g/mol. The molecule has 1 atom stereocenters. The van der Waals surface area contributed by atoms with Crippen molar-refractivity contribution in [3.63, 3.8) is 0 Å². The van der Waals surface area contributed by atoms with E-state index < -0.39 is 4.92 Å². The number of nitrogens with zero attached hydrogens (tertiary/aromatic N) is 2. The van der Waals surface area contributed by atoms with Gasteiger partial charge in [0.05, 0.1) is 4.92 Å². The van der Waals surface area contributed by atoms with Gasteiger partial charge in [-0.1, -0.05) is 29.3 Å². The lowest BCUT2D eigenvalue weighted by Crippen LogP contribution is -2.30. The van der Waals surface area contributed by atoms with Crippen LogP contribution in [-0.4, -0.2) is 28.0 Å². The Labute approximate surface area is 165 Å². The van der Waals surface area contributed by atoms with E-state index in [9.17, 15) is 14.9 Å². The van der Waals surface area contributed by atoms with Gasteiger partial charge in [-0.15, -0.1) is 11.8 Å². The maximum Gasteiger partial charge on any atom is 0.269 e. The van der Waals surface area contributed by atoms with Crippen LogP contribution >= 0.6 is 35.0 Å². The van der Waals surface area contributed by atoms with Crippen molar-refractivity contribution >= 4 is 46.6 Å². The van der Waals surface area contributed by atoms with Gasteiger partial charge < -0.3 is 4.90 Å². The standard InChI is InChI=1S/C18H16Cl2N2O3S/c19-14-5-1-12(16(20)11-14)4-8-17(23)21-9-10-26-18(21)13-2-6-15(7-3-13)22(24)25/h1-3,5-7,11,18H,4,8-10H2. The molecule has 2 aromatic rings. The Morgan fingerprint density at radius 3 is 2.62 bits per heavy atom. The van der Waals surface area contributed by atoms with Crippen molar-refractivity contribution in [2.45, 2.75) is 18.2 Å². The summed E-state index contributed by atoms with van der Waals surface area (Å²) < 4.78 is 0. The molecular formula is C18H16Cl2N2O3S. The highest BCUT2D eigenvalue weighted by Crippen LogP contribution is 2.38. The van der Waals surface area contributed by atoms with Crippen molar-refractivity contribution < 1.29 is 9.72 Å². The van der Waals surface area contributed by atoms with Crippen LogP contribution < -0.4 is 0 Å². The summed E-state index contributed by atoms with van der Waals surface area (Å²) in [6, 6.07) is 11.7. The molecule has 1 saturated heterocycles. The zero-order chi connectivity index (χ0) is 18.7. The fraction of sp³-hybridized carbons (Fsp3) is 0.278. The highest BCUT2D eigenvalue weighted by atomic mass is 35.5. The molecule has 0 aromatic heterocycles. The molecule has 3 rings (SSSR count). The summed E-state index contributed by atoms with van der Waals surface area (Å²) in [4.78, 5) is 24.9. The average Bonchev–Trinajstić information content (AvgIpc) is 3.10. The van der Waals surface area contributed by atoms with E-state index in [1.165, 1.54) is 12.1 Å². The Morgan fingerprint density at radius 1 is 1.23 bits per heavy atom. The van der Waals surface area contributed by atoms with Gasteiger partial charge in [-0.3, -0.25) is 14.9 Å². The number of hydrogen-bond acceptors (Lipinski definition) is 4. The first-order valence-corrected chi connectivity index (χ1v) is 9.85. The van der Waals surface area contributed by atoms with E-state index in [4.69, 9.17) is 23.2 Å². The van der Waals surface area contributed by atoms with Crippen LogP contribution in [0.1, 0.15) is 22.9 Å². The number of amides is 1. The Morgan fingerprint density at radius 2 is 1.96 bits per heavy atom. The number of hydrogen-bond donors (Lipinski definition) is 0. The van der Waals surface area contributed by atoms with E-state index in [0.717, 1.165) is 16.9 Å². The lowest BCUT2D eigenvalue weighted by atomic mass is 10.1. The van der Waals surface area contributed by atoms with Gasteiger partial charge in [0.25, 0.3) is 5.69 Å². The minimum Gasteiger partial charge on any atom is -0.326 e.